The van der Waals surface area contributed by atoms with Crippen molar-refractivity contribution < 1.29 is 34.4 Å². The number of nitrogens with zero attached hydrogens (tertiary/aromatic N) is 1. The topological polar surface area (TPSA) is 148 Å². The molecule has 44 heavy (non-hydrogen) atoms. The van der Waals surface area contributed by atoms with Crippen molar-refractivity contribution in [2.45, 2.75) is 61.8 Å². The Bertz CT molecular complexity index is 1480. The number of benzene rings is 3. The van der Waals surface area contributed by atoms with E-state index in [0.29, 0.717) is 12.2 Å². The van der Waals surface area contributed by atoms with Gasteiger partial charge in [-0.2, -0.15) is 0 Å². The molecule has 2 aliphatic rings. The fraction of sp³-hybridized carbons (Fsp3) is 0.364. The van der Waals surface area contributed by atoms with Crippen molar-refractivity contribution in [3.05, 3.63) is 95.6 Å². The largest absolute Gasteiger partial charge is 0.508 e. The summed E-state index contributed by atoms with van der Waals surface area (Å²) < 4.78 is 4.83. The molecule has 1 heterocycles. The van der Waals surface area contributed by atoms with Crippen LogP contribution in [0.1, 0.15) is 36.6 Å². The van der Waals surface area contributed by atoms with E-state index >= 15 is 0 Å². The van der Waals surface area contributed by atoms with Crippen molar-refractivity contribution in [2.24, 2.45) is 0 Å². The van der Waals surface area contributed by atoms with Gasteiger partial charge in [0.25, 0.3) is 11.8 Å². The SMILES string of the molecule is CC1(C)SCN(C(=O)[C@@H](O)[C@H](Cc2ccccc2)NC(=O)COc2ccc(O)cc2)[C@@H]1C(=O)N[C@H]1c2ccccc2C[C@H]1O. The van der Waals surface area contributed by atoms with Gasteiger partial charge in [-0.05, 0) is 61.2 Å². The zero-order valence-electron chi connectivity index (χ0n) is 24.6. The average molecular weight is 620 g/mol. The molecule has 0 saturated carbocycles. The van der Waals surface area contributed by atoms with E-state index in [-0.39, 0.29) is 24.7 Å². The number of hydrogen-bond acceptors (Lipinski definition) is 8. The maximum absolute atomic E-state index is 13.9. The van der Waals surface area contributed by atoms with Gasteiger partial charge in [0, 0.05) is 11.2 Å². The lowest BCUT2D eigenvalue weighted by atomic mass is 9.96. The van der Waals surface area contributed by atoms with Crippen molar-refractivity contribution in [3.8, 4) is 11.5 Å². The summed E-state index contributed by atoms with van der Waals surface area (Å²) in [6, 6.07) is 20.0. The van der Waals surface area contributed by atoms with Gasteiger partial charge in [-0.25, -0.2) is 0 Å². The fourth-order valence-electron chi connectivity index (χ4n) is 5.78. The third-order valence-corrected chi connectivity index (χ3v) is 9.44. The maximum atomic E-state index is 13.9. The molecular formula is C33H37N3O7S. The number of phenolic OH excluding ortho intramolecular Hbond substituents is 1. The Morgan fingerprint density at radius 3 is 2.43 bits per heavy atom. The zero-order chi connectivity index (χ0) is 31.4. The molecule has 10 nitrogen and oxygen atoms in total. The highest BCUT2D eigenvalue weighted by molar-refractivity contribution is 8.00. The van der Waals surface area contributed by atoms with E-state index in [1.54, 1.807) is 0 Å². The van der Waals surface area contributed by atoms with Crippen LogP contribution in [0.4, 0.5) is 0 Å². The van der Waals surface area contributed by atoms with Crippen LogP contribution in [0.5, 0.6) is 11.5 Å². The molecule has 3 aromatic carbocycles. The number of hydrogen-bond donors (Lipinski definition) is 5. The van der Waals surface area contributed by atoms with Crippen LogP contribution in [-0.2, 0) is 27.2 Å². The normalized spacial score (nSPS) is 21.6. The van der Waals surface area contributed by atoms with E-state index in [4.69, 9.17) is 4.74 Å². The highest BCUT2D eigenvalue weighted by atomic mass is 32.2. The van der Waals surface area contributed by atoms with Gasteiger partial charge in [-0.1, -0.05) is 54.6 Å². The molecule has 0 unspecified atom stereocenters. The minimum absolute atomic E-state index is 0.0610. The molecule has 5 N–H and O–H groups in total. The van der Waals surface area contributed by atoms with Gasteiger partial charge in [0.05, 0.1) is 24.1 Å². The van der Waals surface area contributed by atoms with Gasteiger partial charge in [-0.15, -0.1) is 11.8 Å². The second-order valence-corrected chi connectivity index (χ2v) is 13.2. The van der Waals surface area contributed by atoms with Crippen LogP contribution in [0.25, 0.3) is 0 Å². The van der Waals surface area contributed by atoms with E-state index < -0.39 is 52.8 Å². The van der Waals surface area contributed by atoms with Crippen LogP contribution in [0, 0.1) is 0 Å². The number of rotatable bonds is 10. The predicted molar refractivity (Wildman–Crippen MR) is 166 cm³/mol. The van der Waals surface area contributed by atoms with E-state index in [0.717, 1.165) is 16.7 Å². The van der Waals surface area contributed by atoms with E-state index in [2.05, 4.69) is 10.6 Å². The molecule has 11 heteroatoms. The van der Waals surface area contributed by atoms with Gasteiger partial charge >= 0.3 is 0 Å². The second-order valence-electron chi connectivity index (χ2n) is 11.6. The molecule has 1 aliphatic carbocycles. The Morgan fingerprint density at radius 1 is 1.02 bits per heavy atom. The molecule has 1 fully saturated rings. The molecule has 232 valence electrons. The lowest BCUT2D eigenvalue weighted by Crippen LogP contribution is -2.59. The molecule has 5 atom stereocenters. The number of phenols is 1. The van der Waals surface area contributed by atoms with Crippen LogP contribution < -0.4 is 15.4 Å². The van der Waals surface area contributed by atoms with Crippen molar-refractivity contribution >= 4 is 29.5 Å². The maximum Gasteiger partial charge on any atom is 0.258 e. The molecule has 5 rings (SSSR count). The monoisotopic (exact) mass is 619 g/mol. The second kappa shape index (κ2) is 13.3. The predicted octanol–water partition coefficient (Wildman–Crippen LogP) is 2.31. The summed E-state index contributed by atoms with van der Waals surface area (Å²) in [7, 11) is 0. The van der Waals surface area contributed by atoms with E-state index in [9.17, 15) is 29.7 Å². The van der Waals surface area contributed by atoms with Gasteiger partial charge < -0.3 is 35.6 Å². The first-order chi connectivity index (χ1) is 21.0. The smallest absolute Gasteiger partial charge is 0.258 e. The van der Waals surface area contributed by atoms with E-state index in [1.165, 1.54) is 40.9 Å². The minimum Gasteiger partial charge on any atom is -0.508 e. The van der Waals surface area contributed by atoms with Gasteiger partial charge in [-0.3, -0.25) is 14.4 Å². The van der Waals surface area contributed by atoms with Crippen molar-refractivity contribution in [2.75, 3.05) is 12.5 Å². The average Bonchev–Trinajstić information content (AvgIpc) is 3.50. The highest BCUT2D eigenvalue weighted by Crippen LogP contribution is 2.41. The molecular weight excluding hydrogens is 582 g/mol. The summed E-state index contributed by atoms with van der Waals surface area (Å²) in [5.74, 6) is -1.06. The summed E-state index contributed by atoms with van der Waals surface area (Å²) >= 11 is 1.42. The Labute approximate surface area is 260 Å². The first-order valence-corrected chi connectivity index (χ1v) is 15.5. The van der Waals surface area contributed by atoms with Crippen molar-refractivity contribution in [1.29, 1.82) is 0 Å². The standard InChI is InChI=1S/C33H37N3O7S/c1-33(2)30(31(41)35-28-24-11-7-6-10-21(24)17-26(28)38)36(19-44-33)32(42)29(40)25(16-20-8-4-3-5-9-20)34-27(39)18-43-23-14-12-22(37)13-15-23/h3-15,25-26,28-30,37-38,40H,16-19H2,1-2H3,(H,34,39)(H,35,41)/t25-,26+,28-,29-,30+/m0/s1. The molecule has 0 spiro atoms. The lowest BCUT2D eigenvalue weighted by Gasteiger charge is -2.34. The van der Waals surface area contributed by atoms with Crippen LogP contribution in [0.15, 0.2) is 78.9 Å². The Kier molecular flexibility index (Phi) is 9.48. The van der Waals surface area contributed by atoms with Crippen molar-refractivity contribution in [3.63, 3.8) is 0 Å². The number of fused-ring (bicyclic) bond motifs is 1. The summed E-state index contributed by atoms with van der Waals surface area (Å²) in [5.41, 5.74) is 2.60. The first kappa shape index (κ1) is 31.4. The Morgan fingerprint density at radius 2 is 1.70 bits per heavy atom. The number of aromatic hydroxyl groups is 1. The quantitative estimate of drug-likeness (QED) is 0.232. The number of nitrogens with one attached hydrogen (secondary N) is 2. The zero-order valence-corrected chi connectivity index (χ0v) is 25.4. The fourth-order valence-corrected chi connectivity index (χ4v) is 6.92. The molecule has 3 amide bonds. The minimum atomic E-state index is -1.66. The number of thioether (sulfide) groups is 1. The van der Waals surface area contributed by atoms with Crippen LogP contribution in [0.3, 0.4) is 0 Å². The molecule has 1 saturated heterocycles. The van der Waals surface area contributed by atoms with Gasteiger partial charge in [0.15, 0.2) is 12.7 Å². The van der Waals surface area contributed by atoms with Crippen LogP contribution in [-0.4, -0.2) is 79.5 Å². The molecule has 3 aromatic rings. The van der Waals surface area contributed by atoms with Gasteiger partial charge in [0.1, 0.15) is 17.5 Å². The summed E-state index contributed by atoms with van der Waals surface area (Å²) in [5, 5.41) is 37.3. The number of carbonyl (C=O) groups is 3. The summed E-state index contributed by atoms with van der Waals surface area (Å²) in [6.45, 7) is 3.36. The summed E-state index contributed by atoms with van der Waals surface area (Å²) in [6.07, 6.45) is -1.87. The lowest BCUT2D eigenvalue weighted by molar-refractivity contribution is -0.148. The number of ether oxygens (including phenoxy) is 1. The third kappa shape index (κ3) is 7.01. The summed E-state index contributed by atoms with van der Waals surface area (Å²) in [4.78, 5) is 42.0. The van der Waals surface area contributed by atoms with Crippen molar-refractivity contribution in [1.82, 2.24) is 15.5 Å². The van der Waals surface area contributed by atoms with E-state index in [1.807, 2.05) is 68.4 Å². The number of aliphatic hydroxyl groups excluding tert-OH is 2. The Hall–Kier alpha value is -4.06. The third-order valence-electron chi connectivity index (χ3n) is 8.06. The number of carbonyl (C=O) groups excluding carboxylic acids is 3. The molecule has 0 bridgehead atoms. The molecule has 0 radical (unpaired) electrons. The molecule has 0 aromatic heterocycles. The Balaban J connectivity index is 1.31. The highest BCUT2D eigenvalue weighted by Gasteiger charge is 2.50. The molecule has 1 aliphatic heterocycles. The number of aliphatic hydroxyl groups is 2. The van der Waals surface area contributed by atoms with Crippen LogP contribution >= 0.6 is 11.8 Å². The van der Waals surface area contributed by atoms with Gasteiger partial charge in [0.2, 0.25) is 5.91 Å². The van der Waals surface area contributed by atoms with Crippen LogP contribution in [0.2, 0.25) is 0 Å². The number of amides is 3. The first-order valence-electron chi connectivity index (χ1n) is 14.5.